The summed E-state index contributed by atoms with van der Waals surface area (Å²) in [6.07, 6.45) is 1.59. The van der Waals surface area contributed by atoms with Crippen molar-refractivity contribution in [2.24, 2.45) is 0 Å². The predicted molar refractivity (Wildman–Crippen MR) is 101 cm³/mol. The number of halogens is 1. The molecule has 0 N–H and O–H groups in total. The molecule has 0 bridgehead atoms. The summed E-state index contributed by atoms with van der Waals surface area (Å²) < 4.78 is 6.69. The predicted octanol–water partition coefficient (Wildman–Crippen LogP) is 4.45. The van der Waals surface area contributed by atoms with Crippen LogP contribution in [-0.4, -0.2) is 24.8 Å². The summed E-state index contributed by atoms with van der Waals surface area (Å²) in [7, 11) is 0. The number of ether oxygens (including phenoxy) is 1. The summed E-state index contributed by atoms with van der Waals surface area (Å²) in [5.74, 6) is 0.0666. The Labute approximate surface area is 155 Å². The molecular weight excluding hydrogens is 382 g/mol. The first-order chi connectivity index (χ1) is 12.0. The van der Waals surface area contributed by atoms with Crippen LogP contribution in [0.3, 0.4) is 0 Å². The second-order valence-electron chi connectivity index (χ2n) is 6.22. The maximum absolute atomic E-state index is 12.2. The van der Waals surface area contributed by atoms with Crippen molar-refractivity contribution in [3.05, 3.63) is 57.6 Å². The van der Waals surface area contributed by atoms with Crippen LogP contribution in [0.5, 0.6) is 5.75 Å². The van der Waals surface area contributed by atoms with Crippen molar-refractivity contribution in [3.63, 3.8) is 0 Å². The van der Waals surface area contributed by atoms with E-state index in [0.717, 1.165) is 34.2 Å². The van der Waals surface area contributed by atoms with E-state index < -0.39 is 11.7 Å². The Morgan fingerprint density at radius 1 is 1.04 bits per heavy atom. The lowest BCUT2D eigenvalue weighted by Crippen LogP contribution is -2.30. The Morgan fingerprint density at radius 3 is 2.48 bits per heavy atom. The Kier molecular flexibility index (Phi) is 5.23. The lowest BCUT2D eigenvalue weighted by atomic mass is 10.1. The van der Waals surface area contributed by atoms with E-state index in [1.165, 1.54) is 0 Å². The van der Waals surface area contributed by atoms with Crippen LogP contribution < -0.4 is 9.64 Å². The molecule has 4 nitrogen and oxygen atoms in total. The van der Waals surface area contributed by atoms with Crippen LogP contribution in [0.25, 0.3) is 0 Å². The molecule has 25 heavy (non-hydrogen) atoms. The number of fused-ring (bicyclic) bond motifs is 1. The molecule has 130 valence electrons. The van der Waals surface area contributed by atoms with E-state index in [0.29, 0.717) is 24.4 Å². The van der Waals surface area contributed by atoms with Gasteiger partial charge in [-0.05, 0) is 56.0 Å². The van der Waals surface area contributed by atoms with Gasteiger partial charge in [-0.25, -0.2) is 0 Å². The Morgan fingerprint density at radius 2 is 1.76 bits per heavy atom. The largest absolute Gasteiger partial charge is 0.493 e. The third-order valence-electron chi connectivity index (χ3n) is 4.36. The van der Waals surface area contributed by atoms with Crippen LogP contribution in [0.15, 0.2) is 40.9 Å². The first-order valence-corrected chi connectivity index (χ1v) is 9.13. The first-order valence-electron chi connectivity index (χ1n) is 8.34. The fourth-order valence-corrected chi connectivity index (χ4v) is 3.43. The number of aryl methyl sites for hydroxylation is 2. The molecule has 0 radical (unpaired) electrons. The van der Waals surface area contributed by atoms with Crippen molar-refractivity contribution in [2.45, 2.75) is 26.7 Å². The van der Waals surface area contributed by atoms with Gasteiger partial charge in [0.05, 0.1) is 17.9 Å². The zero-order valence-corrected chi connectivity index (χ0v) is 15.9. The van der Waals surface area contributed by atoms with Crippen LogP contribution in [0, 0.1) is 13.8 Å². The molecule has 0 fully saturated rings. The molecule has 1 heterocycles. The van der Waals surface area contributed by atoms with E-state index in [1.54, 1.807) is 11.0 Å². The summed E-state index contributed by atoms with van der Waals surface area (Å²) in [5, 5.41) is 0. The van der Waals surface area contributed by atoms with Crippen LogP contribution >= 0.6 is 15.9 Å². The maximum atomic E-state index is 12.2. The quantitative estimate of drug-likeness (QED) is 0.530. The Hall–Kier alpha value is -2.14. The number of hydrogen-bond acceptors (Lipinski definition) is 3. The van der Waals surface area contributed by atoms with Gasteiger partial charge in [-0.15, -0.1) is 0 Å². The van der Waals surface area contributed by atoms with Crippen LogP contribution in [0.1, 0.15) is 34.3 Å². The molecule has 0 spiro atoms. The zero-order valence-electron chi connectivity index (χ0n) is 14.3. The highest BCUT2D eigenvalue weighted by Gasteiger charge is 2.35. The van der Waals surface area contributed by atoms with Gasteiger partial charge in [-0.2, -0.15) is 0 Å². The fourth-order valence-electron chi connectivity index (χ4n) is 3.07. The highest BCUT2D eigenvalue weighted by atomic mass is 79.9. The number of benzene rings is 2. The Balaban J connectivity index is 1.55. The summed E-state index contributed by atoms with van der Waals surface area (Å²) in [5.41, 5.74) is 3.43. The average Bonchev–Trinajstić information content (AvgIpc) is 2.81. The summed E-state index contributed by atoms with van der Waals surface area (Å²) in [4.78, 5) is 25.8. The van der Waals surface area contributed by atoms with E-state index in [-0.39, 0.29) is 0 Å². The number of Topliss-reactive ketones (excluding diaryl/α,β-unsaturated/α-hetero) is 1. The summed E-state index contributed by atoms with van der Waals surface area (Å²) >= 11 is 3.34. The lowest BCUT2D eigenvalue weighted by Gasteiger charge is -2.17. The van der Waals surface area contributed by atoms with Crippen molar-refractivity contribution < 1.29 is 14.3 Å². The van der Waals surface area contributed by atoms with Crippen molar-refractivity contribution >= 4 is 33.3 Å². The van der Waals surface area contributed by atoms with Gasteiger partial charge in [0.25, 0.3) is 11.7 Å². The number of unbranched alkanes of at least 4 members (excludes halogenated alkanes) is 1. The van der Waals surface area contributed by atoms with Gasteiger partial charge in [0.15, 0.2) is 0 Å². The van der Waals surface area contributed by atoms with Gasteiger partial charge in [0.1, 0.15) is 5.75 Å². The monoisotopic (exact) mass is 401 g/mol. The van der Waals surface area contributed by atoms with Crippen molar-refractivity contribution in [1.82, 2.24) is 0 Å². The number of carbonyl (C=O) groups is 2. The molecule has 0 aliphatic carbocycles. The molecule has 2 aromatic rings. The molecule has 0 saturated heterocycles. The molecule has 0 unspecified atom stereocenters. The number of hydrogen-bond donors (Lipinski definition) is 0. The number of anilines is 1. The summed E-state index contributed by atoms with van der Waals surface area (Å²) in [6.45, 7) is 5.18. The van der Waals surface area contributed by atoms with E-state index in [2.05, 4.69) is 15.9 Å². The third kappa shape index (κ3) is 3.61. The maximum Gasteiger partial charge on any atom is 0.299 e. The molecule has 3 rings (SSSR count). The van der Waals surface area contributed by atoms with Crippen LogP contribution in [-0.2, 0) is 4.79 Å². The SMILES string of the molecule is Cc1cccc(C)c1OCCCCN1C(=O)C(=O)c2cc(Br)ccc21. The minimum absolute atomic E-state index is 0.428. The molecule has 1 amide bonds. The van der Waals surface area contributed by atoms with Gasteiger partial charge in [-0.1, -0.05) is 34.1 Å². The van der Waals surface area contributed by atoms with Gasteiger partial charge in [-0.3, -0.25) is 9.59 Å². The van der Waals surface area contributed by atoms with E-state index in [4.69, 9.17) is 4.74 Å². The number of ketones is 1. The topological polar surface area (TPSA) is 46.6 Å². The van der Waals surface area contributed by atoms with Crippen LogP contribution in [0.2, 0.25) is 0 Å². The van der Waals surface area contributed by atoms with Gasteiger partial charge in [0, 0.05) is 11.0 Å². The van der Waals surface area contributed by atoms with Gasteiger partial charge in [0.2, 0.25) is 0 Å². The second kappa shape index (κ2) is 7.40. The number of amides is 1. The highest BCUT2D eigenvalue weighted by Crippen LogP contribution is 2.31. The minimum atomic E-state index is -0.441. The van der Waals surface area contributed by atoms with Crippen molar-refractivity contribution in [1.29, 1.82) is 0 Å². The number of nitrogens with zero attached hydrogens (tertiary/aromatic N) is 1. The highest BCUT2D eigenvalue weighted by molar-refractivity contribution is 9.10. The van der Waals surface area contributed by atoms with E-state index in [9.17, 15) is 9.59 Å². The first kappa shape index (κ1) is 17.7. The number of rotatable bonds is 6. The van der Waals surface area contributed by atoms with Gasteiger partial charge >= 0.3 is 0 Å². The van der Waals surface area contributed by atoms with Crippen LogP contribution in [0.4, 0.5) is 5.69 Å². The molecule has 1 aliphatic rings. The number of para-hydroxylation sites is 1. The summed E-state index contributed by atoms with van der Waals surface area (Å²) in [6, 6.07) is 11.5. The van der Waals surface area contributed by atoms with Gasteiger partial charge < -0.3 is 9.64 Å². The molecule has 0 atom stereocenters. The zero-order chi connectivity index (χ0) is 18.0. The third-order valence-corrected chi connectivity index (χ3v) is 4.86. The lowest BCUT2D eigenvalue weighted by molar-refractivity contribution is -0.114. The average molecular weight is 402 g/mol. The molecule has 5 heteroatoms. The second-order valence-corrected chi connectivity index (χ2v) is 7.14. The smallest absolute Gasteiger partial charge is 0.299 e. The van der Waals surface area contributed by atoms with E-state index in [1.807, 2.05) is 44.2 Å². The molecule has 1 aliphatic heterocycles. The van der Waals surface area contributed by atoms with Crippen molar-refractivity contribution in [2.75, 3.05) is 18.1 Å². The Bertz CT molecular complexity index is 811. The molecule has 0 aromatic heterocycles. The number of carbonyl (C=O) groups excluding carboxylic acids is 2. The van der Waals surface area contributed by atoms with E-state index >= 15 is 0 Å². The fraction of sp³-hybridized carbons (Fsp3) is 0.300. The normalized spacial score (nSPS) is 13.3. The molecule has 0 saturated carbocycles. The minimum Gasteiger partial charge on any atom is -0.493 e. The molecular formula is C20H20BrNO3. The standard InChI is InChI=1S/C20H20BrNO3/c1-13-6-5-7-14(2)19(13)25-11-4-3-10-22-17-9-8-15(21)12-16(17)18(23)20(22)24/h5-9,12H,3-4,10-11H2,1-2H3. The van der Waals surface area contributed by atoms with Crippen molar-refractivity contribution in [3.8, 4) is 5.75 Å². The molecule has 2 aromatic carbocycles.